The third-order valence-corrected chi connectivity index (χ3v) is 4.51. The fourth-order valence-electron chi connectivity index (χ4n) is 1.75. The van der Waals surface area contributed by atoms with Crippen LogP contribution in [-0.2, 0) is 10.0 Å². The average Bonchev–Trinajstić information content (AvgIpc) is 2.42. The molecule has 0 aromatic heterocycles. The van der Waals surface area contributed by atoms with Crippen molar-refractivity contribution in [3.05, 3.63) is 53.6 Å². The second-order valence-electron chi connectivity index (χ2n) is 4.58. The summed E-state index contributed by atoms with van der Waals surface area (Å²) in [5, 5.41) is 0. The van der Waals surface area contributed by atoms with Crippen LogP contribution < -0.4 is 9.46 Å². The van der Waals surface area contributed by atoms with E-state index in [0.29, 0.717) is 11.4 Å². The second-order valence-corrected chi connectivity index (χ2v) is 6.26. The summed E-state index contributed by atoms with van der Waals surface area (Å²) in [6, 6.07) is 11.8. The van der Waals surface area contributed by atoms with Crippen LogP contribution in [0.25, 0.3) is 0 Å². The third kappa shape index (κ3) is 3.11. The van der Waals surface area contributed by atoms with Gasteiger partial charge in [-0.2, -0.15) is 0 Å². The van der Waals surface area contributed by atoms with Crippen molar-refractivity contribution in [2.24, 2.45) is 0 Å². The highest BCUT2D eigenvalue weighted by Gasteiger charge is 2.14. The van der Waals surface area contributed by atoms with Crippen molar-refractivity contribution >= 4 is 15.7 Å². The first-order valence-electron chi connectivity index (χ1n) is 6.16. The highest BCUT2D eigenvalue weighted by molar-refractivity contribution is 7.92. The standard InChI is InChI=1S/C15H17NO3S/c1-11-4-9-15(10-12(11)2)20(17,18)16-13-5-7-14(19-3)8-6-13/h4-10,16H,1-3H3. The Morgan fingerprint density at radius 1 is 0.950 bits per heavy atom. The molecule has 0 fully saturated rings. The van der Waals surface area contributed by atoms with Gasteiger partial charge in [0.15, 0.2) is 0 Å². The van der Waals surface area contributed by atoms with Gasteiger partial charge in [0.05, 0.1) is 12.0 Å². The van der Waals surface area contributed by atoms with Gasteiger partial charge in [-0.25, -0.2) is 8.42 Å². The molecule has 2 aromatic rings. The molecule has 0 spiro atoms. The van der Waals surface area contributed by atoms with Gasteiger partial charge in [-0.15, -0.1) is 0 Å². The van der Waals surface area contributed by atoms with Crippen molar-refractivity contribution in [3.8, 4) is 5.75 Å². The first-order chi connectivity index (χ1) is 9.42. The molecule has 0 amide bonds. The maximum absolute atomic E-state index is 12.3. The quantitative estimate of drug-likeness (QED) is 0.941. The van der Waals surface area contributed by atoms with Gasteiger partial charge in [0, 0.05) is 5.69 Å². The highest BCUT2D eigenvalue weighted by atomic mass is 32.2. The lowest BCUT2D eigenvalue weighted by Gasteiger charge is -2.10. The number of rotatable bonds is 4. The van der Waals surface area contributed by atoms with Crippen LogP contribution in [0.1, 0.15) is 11.1 Å². The molecule has 0 aliphatic carbocycles. The molecular weight excluding hydrogens is 274 g/mol. The Morgan fingerprint density at radius 3 is 2.15 bits per heavy atom. The molecule has 2 aromatic carbocycles. The molecule has 0 bridgehead atoms. The molecule has 0 radical (unpaired) electrons. The summed E-state index contributed by atoms with van der Waals surface area (Å²) in [5.41, 5.74) is 2.51. The second kappa shape index (κ2) is 5.54. The van der Waals surface area contributed by atoms with E-state index in [2.05, 4.69) is 4.72 Å². The number of nitrogens with one attached hydrogen (secondary N) is 1. The smallest absolute Gasteiger partial charge is 0.261 e. The van der Waals surface area contributed by atoms with Gasteiger partial charge in [0.25, 0.3) is 10.0 Å². The molecule has 1 N–H and O–H groups in total. The van der Waals surface area contributed by atoms with Gasteiger partial charge < -0.3 is 4.74 Å². The molecule has 20 heavy (non-hydrogen) atoms. The zero-order valence-electron chi connectivity index (χ0n) is 11.7. The van der Waals surface area contributed by atoms with Crippen LogP contribution in [0, 0.1) is 13.8 Å². The molecule has 0 heterocycles. The van der Waals surface area contributed by atoms with Gasteiger partial charge in [-0.1, -0.05) is 6.07 Å². The summed E-state index contributed by atoms with van der Waals surface area (Å²) in [6.07, 6.45) is 0. The first-order valence-corrected chi connectivity index (χ1v) is 7.65. The Balaban J connectivity index is 2.27. The molecule has 2 rings (SSSR count). The van der Waals surface area contributed by atoms with Crippen molar-refractivity contribution in [2.75, 3.05) is 11.8 Å². The lowest BCUT2D eigenvalue weighted by molar-refractivity contribution is 0.415. The number of hydrogen-bond acceptors (Lipinski definition) is 3. The van der Waals surface area contributed by atoms with Gasteiger partial charge in [0.1, 0.15) is 5.75 Å². The predicted octanol–water partition coefficient (Wildman–Crippen LogP) is 3.11. The Morgan fingerprint density at radius 2 is 1.60 bits per heavy atom. The summed E-state index contributed by atoms with van der Waals surface area (Å²) < 4.78 is 32.1. The number of sulfonamides is 1. The van der Waals surface area contributed by atoms with Crippen molar-refractivity contribution in [1.29, 1.82) is 0 Å². The molecule has 0 saturated carbocycles. The average molecular weight is 291 g/mol. The van der Waals surface area contributed by atoms with Crippen LogP contribution >= 0.6 is 0 Å². The van der Waals surface area contributed by atoms with Crippen LogP contribution in [-0.4, -0.2) is 15.5 Å². The summed E-state index contributed by atoms with van der Waals surface area (Å²) in [5.74, 6) is 0.680. The zero-order valence-corrected chi connectivity index (χ0v) is 12.5. The fourth-order valence-corrected chi connectivity index (χ4v) is 2.90. The van der Waals surface area contributed by atoms with Crippen molar-refractivity contribution in [1.82, 2.24) is 0 Å². The van der Waals surface area contributed by atoms with Gasteiger partial charge in [0.2, 0.25) is 0 Å². The molecule has 0 aliphatic heterocycles. The first kappa shape index (κ1) is 14.4. The molecule has 0 unspecified atom stereocenters. The number of hydrogen-bond donors (Lipinski definition) is 1. The van der Waals surface area contributed by atoms with Crippen LogP contribution in [0.3, 0.4) is 0 Å². The Kier molecular flexibility index (Phi) is 3.99. The monoisotopic (exact) mass is 291 g/mol. The third-order valence-electron chi connectivity index (χ3n) is 3.13. The van der Waals surface area contributed by atoms with Crippen molar-refractivity contribution < 1.29 is 13.2 Å². The lowest BCUT2D eigenvalue weighted by Crippen LogP contribution is -2.13. The van der Waals surface area contributed by atoms with Gasteiger partial charge >= 0.3 is 0 Å². The van der Waals surface area contributed by atoms with E-state index in [9.17, 15) is 8.42 Å². The van der Waals surface area contributed by atoms with E-state index in [0.717, 1.165) is 11.1 Å². The normalized spacial score (nSPS) is 11.2. The van der Waals surface area contributed by atoms with Gasteiger partial charge in [-0.05, 0) is 61.4 Å². The minimum Gasteiger partial charge on any atom is -0.497 e. The summed E-state index contributed by atoms with van der Waals surface area (Å²) in [6.45, 7) is 3.84. The lowest BCUT2D eigenvalue weighted by atomic mass is 10.1. The van der Waals surface area contributed by atoms with E-state index in [1.54, 1.807) is 49.6 Å². The molecule has 0 saturated heterocycles. The largest absolute Gasteiger partial charge is 0.497 e. The highest BCUT2D eigenvalue weighted by Crippen LogP contribution is 2.20. The summed E-state index contributed by atoms with van der Waals surface area (Å²) >= 11 is 0. The Hall–Kier alpha value is -2.01. The summed E-state index contributed by atoms with van der Waals surface area (Å²) in [4.78, 5) is 0.261. The van der Waals surface area contributed by atoms with Crippen molar-refractivity contribution in [2.45, 2.75) is 18.7 Å². The number of anilines is 1. The minimum atomic E-state index is -3.56. The number of methoxy groups -OCH3 is 1. The maximum atomic E-state index is 12.3. The topological polar surface area (TPSA) is 55.4 Å². The van der Waals surface area contributed by atoms with Crippen LogP contribution in [0.4, 0.5) is 5.69 Å². The SMILES string of the molecule is COc1ccc(NS(=O)(=O)c2ccc(C)c(C)c2)cc1. The Bertz CT molecular complexity index is 706. The van der Waals surface area contributed by atoms with E-state index >= 15 is 0 Å². The molecule has 4 nitrogen and oxygen atoms in total. The summed E-state index contributed by atoms with van der Waals surface area (Å²) in [7, 11) is -2.00. The fraction of sp³-hybridized carbons (Fsp3) is 0.200. The van der Waals surface area contributed by atoms with Gasteiger partial charge in [-0.3, -0.25) is 4.72 Å². The number of benzene rings is 2. The van der Waals surface area contributed by atoms with E-state index in [-0.39, 0.29) is 4.90 Å². The predicted molar refractivity (Wildman–Crippen MR) is 79.7 cm³/mol. The van der Waals surface area contributed by atoms with E-state index in [1.807, 2.05) is 13.8 Å². The van der Waals surface area contributed by atoms with E-state index < -0.39 is 10.0 Å². The van der Waals surface area contributed by atoms with Crippen LogP contribution in [0.15, 0.2) is 47.4 Å². The van der Waals surface area contributed by atoms with E-state index in [4.69, 9.17) is 4.74 Å². The minimum absolute atomic E-state index is 0.261. The molecular formula is C15H17NO3S. The number of aryl methyl sites for hydroxylation is 2. The van der Waals surface area contributed by atoms with Crippen LogP contribution in [0.5, 0.6) is 5.75 Å². The molecule has 5 heteroatoms. The number of ether oxygens (including phenoxy) is 1. The molecule has 106 valence electrons. The zero-order chi connectivity index (χ0) is 14.8. The van der Waals surface area contributed by atoms with E-state index in [1.165, 1.54) is 0 Å². The van der Waals surface area contributed by atoms with Crippen LogP contribution in [0.2, 0.25) is 0 Å². The molecule has 0 aliphatic rings. The molecule has 0 atom stereocenters. The Labute approximate surface area is 119 Å². The van der Waals surface area contributed by atoms with Crippen molar-refractivity contribution in [3.63, 3.8) is 0 Å². The maximum Gasteiger partial charge on any atom is 0.261 e.